The molecule has 0 amide bonds. The fourth-order valence-electron chi connectivity index (χ4n) is 5.51. The first-order valence-electron chi connectivity index (χ1n) is 12.6. The lowest BCUT2D eigenvalue weighted by molar-refractivity contribution is 0.188. The molecule has 0 spiro atoms. The van der Waals surface area contributed by atoms with E-state index < -0.39 is 0 Å². The number of fused-ring (bicyclic) bond motifs is 1. The predicted molar refractivity (Wildman–Crippen MR) is 139 cm³/mol. The van der Waals surface area contributed by atoms with Gasteiger partial charge in [-0.2, -0.15) is 0 Å². The Bertz CT molecular complexity index is 1060. The van der Waals surface area contributed by atoms with Gasteiger partial charge < -0.3 is 9.30 Å². The number of likely N-dealkylation sites (N-methyl/N-ethyl adjacent to an activating group) is 1. The molecule has 1 saturated heterocycles. The Balaban J connectivity index is 1.28. The molecule has 0 radical (unpaired) electrons. The van der Waals surface area contributed by atoms with Crippen LogP contribution in [0.2, 0.25) is 0 Å². The van der Waals surface area contributed by atoms with Crippen LogP contribution in [0.1, 0.15) is 41.9 Å². The molecular formula is C28H36N4OS. The average Bonchev–Trinajstić information content (AvgIpc) is 3.52. The van der Waals surface area contributed by atoms with Gasteiger partial charge in [0.15, 0.2) is 0 Å². The van der Waals surface area contributed by atoms with Gasteiger partial charge in [-0.25, -0.2) is 9.29 Å². The smallest absolute Gasteiger partial charge is 0.129 e. The highest BCUT2D eigenvalue weighted by atomic mass is 32.2. The summed E-state index contributed by atoms with van der Waals surface area (Å²) >= 11 is 1.65. The van der Waals surface area contributed by atoms with Crippen molar-refractivity contribution in [2.24, 2.45) is 7.05 Å². The van der Waals surface area contributed by atoms with E-state index in [0.717, 1.165) is 23.7 Å². The summed E-state index contributed by atoms with van der Waals surface area (Å²) in [6, 6.07) is 18.5. The summed E-state index contributed by atoms with van der Waals surface area (Å²) in [7, 11) is 4.09. The van der Waals surface area contributed by atoms with Crippen LogP contribution in [0, 0.1) is 0 Å². The summed E-state index contributed by atoms with van der Waals surface area (Å²) in [5.41, 5.74) is 4.44. The van der Waals surface area contributed by atoms with Gasteiger partial charge in [-0.3, -0.25) is 4.90 Å². The van der Waals surface area contributed by atoms with Crippen molar-refractivity contribution in [1.82, 2.24) is 18.8 Å². The van der Waals surface area contributed by atoms with E-state index in [-0.39, 0.29) is 0 Å². The number of benzene rings is 2. The first-order chi connectivity index (χ1) is 16.7. The zero-order chi connectivity index (χ0) is 23.3. The van der Waals surface area contributed by atoms with Crippen molar-refractivity contribution in [2.75, 3.05) is 33.3 Å². The topological polar surface area (TPSA) is 33.5 Å². The van der Waals surface area contributed by atoms with E-state index in [1.165, 1.54) is 55.5 Å². The van der Waals surface area contributed by atoms with Crippen molar-refractivity contribution in [3.8, 4) is 5.75 Å². The number of likely N-dealkylation sites (tertiary alicyclic amines) is 1. The monoisotopic (exact) mass is 476 g/mol. The van der Waals surface area contributed by atoms with Gasteiger partial charge >= 0.3 is 0 Å². The molecule has 2 atom stereocenters. The second kappa shape index (κ2) is 11.0. The van der Waals surface area contributed by atoms with Crippen molar-refractivity contribution in [1.29, 1.82) is 0 Å². The zero-order valence-corrected chi connectivity index (χ0v) is 21.2. The van der Waals surface area contributed by atoms with Gasteiger partial charge in [0.2, 0.25) is 0 Å². The van der Waals surface area contributed by atoms with Gasteiger partial charge in [0.25, 0.3) is 0 Å². The molecule has 0 N–H and O–H groups in total. The molecule has 1 aromatic heterocycles. The molecule has 34 heavy (non-hydrogen) atoms. The van der Waals surface area contributed by atoms with Gasteiger partial charge in [0.1, 0.15) is 17.4 Å². The second-order valence-electron chi connectivity index (χ2n) is 9.67. The minimum atomic E-state index is 0.523. The van der Waals surface area contributed by atoms with Gasteiger partial charge in [-0.05, 0) is 93.0 Å². The summed E-state index contributed by atoms with van der Waals surface area (Å²) in [4.78, 5) is 7.15. The molecule has 5 rings (SSSR count). The highest BCUT2D eigenvalue weighted by Gasteiger charge is 2.35. The number of imidazole rings is 1. The third-order valence-electron chi connectivity index (χ3n) is 7.20. The number of rotatable bonds is 9. The number of nitrogens with zero attached hydrogens (tertiary/aromatic N) is 4. The number of hydrogen-bond donors (Lipinski definition) is 0. The van der Waals surface area contributed by atoms with Crippen molar-refractivity contribution in [3.63, 3.8) is 0 Å². The van der Waals surface area contributed by atoms with Gasteiger partial charge in [-0.1, -0.05) is 36.4 Å². The molecule has 2 heterocycles. The lowest BCUT2D eigenvalue weighted by Crippen LogP contribution is -2.41. The molecule has 1 aliphatic carbocycles. The largest absolute Gasteiger partial charge is 0.492 e. The SMILES string of the molecule is CN(CCOc1ccc2c(c1)C(Cc1ccccc1)C(N1CCCC1)CC2)Sc1cn(C)cn1. The van der Waals surface area contributed by atoms with E-state index in [1.807, 2.05) is 24.1 Å². The quantitative estimate of drug-likeness (QED) is 0.398. The maximum atomic E-state index is 6.25. The Morgan fingerprint density at radius 2 is 1.94 bits per heavy atom. The number of hydrogen-bond acceptors (Lipinski definition) is 5. The van der Waals surface area contributed by atoms with Crippen LogP contribution in [0.5, 0.6) is 5.75 Å². The standard InChI is InChI=1S/C28H36N4OS/c1-30-20-28(29-21-30)34-31(2)16-17-33-24-12-10-23-11-13-27(32-14-6-7-15-32)26(25(23)19-24)18-22-8-4-3-5-9-22/h3-5,8-10,12,19-21,26-27H,6-7,11,13-18H2,1-2H3. The van der Waals surface area contributed by atoms with Crippen LogP contribution in [0.15, 0.2) is 66.1 Å². The fraction of sp³-hybridized carbons (Fsp3) is 0.464. The predicted octanol–water partition coefficient (Wildman–Crippen LogP) is 5.17. The molecule has 180 valence electrons. The van der Waals surface area contributed by atoms with E-state index >= 15 is 0 Å². The van der Waals surface area contributed by atoms with E-state index in [0.29, 0.717) is 18.6 Å². The van der Waals surface area contributed by atoms with E-state index in [4.69, 9.17) is 4.74 Å². The summed E-state index contributed by atoms with van der Waals surface area (Å²) < 4.78 is 10.4. The van der Waals surface area contributed by atoms with Crippen LogP contribution in [0.4, 0.5) is 0 Å². The first-order valence-corrected chi connectivity index (χ1v) is 13.3. The molecule has 1 fully saturated rings. The Hall–Kier alpha value is -2.28. The van der Waals surface area contributed by atoms with Crippen LogP contribution in [-0.2, 0) is 19.9 Å². The zero-order valence-electron chi connectivity index (χ0n) is 20.4. The van der Waals surface area contributed by atoms with Gasteiger partial charge in [0.05, 0.1) is 6.33 Å². The van der Waals surface area contributed by atoms with Crippen molar-refractivity contribution < 1.29 is 4.74 Å². The maximum absolute atomic E-state index is 6.25. The highest BCUT2D eigenvalue weighted by molar-refractivity contribution is 7.96. The van der Waals surface area contributed by atoms with Crippen LogP contribution in [0.25, 0.3) is 0 Å². The summed E-state index contributed by atoms with van der Waals surface area (Å²) in [6.45, 7) is 4.00. The molecule has 1 aliphatic heterocycles. The van der Waals surface area contributed by atoms with E-state index in [1.54, 1.807) is 11.9 Å². The normalized spacial score (nSPS) is 20.6. The molecule has 0 saturated carbocycles. The average molecular weight is 477 g/mol. The van der Waals surface area contributed by atoms with E-state index in [2.05, 4.69) is 69.8 Å². The highest BCUT2D eigenvalue weighted by Crippen LogP contribution is 2.40. The molecule has 2 unspecified atom stereocenters. The third-order valence-corrected chi connectivity index (χ3v) is 8.10. The number of ether oxygens (including phenoxy) is 1. The minimum absolute atomic E-state index is 0.523. The van der Waals surface area contributed by atoms with Gasteiger partial charge in [0, 0.05) is 31.7 Å². The van der Waals surface area contributed by atoms with E-state index in [9.17, 15) is 0 Å². The molecule has 0 bridgehead atoms. The van der Waals surface area contributed by atoms with Crippen LogP contribution < -0.4 is 4.74 Å². The number of aromatic nitrogens is 2. The van der Waals surface area contributed by atoms with Crippen molar-refractivity contribution >= 4 is 11.9 Å². The Labute approximate surface area is 208 Å². The Morgan fingerprint density at radius 1 is 1.12 bits per heavy atom. The van der Waals surface area contributed by atoms with Crippen LogP contribution in [0.3, 0.4) is 0 Å². The van der Waals surface area contributed by atoms with Gasteiger partial charge in [-0.15, -0.1) is 0 Å². The van der Waals surface area contributed by atoms with Crippen molar-refractivity contribution in [2.45, 2.75) is 49.1 Å². The maximum Gasteiger partial charge on any atom is 0.129 e. The number of aryl methyl sites for hydroxylation is 2. The molecule has 2 aliphatic rings. The Kier molecular flexibility index (Phi) is 7.57. The molecule has 6 heteroatoms. The summed E-state index contributed by atoms with van der Waals surface area (Å²) in [5, 5.41) is 1.01. The van der Waals surface area contributed by atoms with Crippen LogP contribution >= 0.6 is 11.9 Å². The lowest BCUT2D eigenvalue weighted by atomic mass is 9.75. The minimum Gasteiger partial charge on any atom is -0.492 e. The molecular weight excluding hydrogens is 440 g/mol. The third kappa shape index (κ3) is 5.68. The molecule has 3 aromatic rings. The molecule has 2 aromatic carbocycles. The molecule has 5 nitrogen and oxygen atoms in total. The summed E-state index contributed by atoms with van der Waals surface area (Å²) in [5.74, 6) is 1.52. The van der Waals surface area contributed by atoms with Crippen molar-refractivity contribution in [3.05, 3.63) is 77.7 Å². The second-order valence-corrected chi connectivity index (χ2v) is 10.9. The fourth-order valence-corrected chi connectivity index (χ4v) is 6.30. The lowest BCUT2D eigenvalue weighted by Gasteiger charge is -2.39. The Morgan fingerprint density at radius 3 is 2.71 bits per heavy atom. The first kappa shape index (κ1) is 23.5. The summed E-state index contributed by atoms with van der Waals surface area (Å²) in [6.07, 6.45) is 10.1. The van der Waals surface area contributed by atoms with Crippen LogP contribution in [-0.4, -0.2) is 58.1 Å².